The molecule has 0 saturated carbocycles. The number of carbonyl (C=O) groups excluding carboxylic acids is 3. The first-order chi connectivity index (χ1) is 13.8. The first kappa shape index (κ1) is 21.9. The van der Waals surface area contributed by atoms with Crippen LogP contribution in [0.4, 0.5) is 0 Å². The van der Waals surface area contributed by atoms with Gasteiger partial charge in [-0.2, -0.15) is 0 Å². The molecule has 0 heterocycles. The second kappa shape index (κ2) is 10.2. The number of benzene rings is 2. The Labute approximate surface area is 168 Å². The molecule has 8 nitrogen and oxygen atoms in total. The molecule has 0 radical (unpaired) electrons. The molecule has 29 heavy (non-hydrogen) atoms. The van der Waals surface area contributed by atoms with Crippen LogP contribution in [0.2, 0.25) is 0 Å². The molecule has 8 heteroatoms. The highest BCUT2D eigenvalue weighted by Crippen LogP contribution is 2.15. The van der Waals surface area contributed by atoms with Crippen molar-refractivity contribution in [3.05, 3.63) is 48.0 Å². The van der Waals surface area contributed by atoms with Gasteiger partial charge in [-0.25, -0.2) is 4.79 Å². The van der Waals surface area contributed by atoms with Crippen molar-refractivity contribution in [3.63, 3.8) is 0 Å². The summed E-state index contributed by atoms with van der Waals surface area (Å²) >= 11 is 0. The number of carboxylic acid groups (broad SMARTS) is 1. The molecule has 3 N–H and O–H groups in total. The maximum atomic E-state index is 12.5. The SMILES string of the molecule is CC(=O)NCCN(C(=O)CCNC(=O)c1ccc2ccccc2c1)C(C)C(=O)O. The lowest BCUT2D eigenvalue weighted by Gasteiger charge is -2.26. The average Bonchev–Trinajstić information content (AvgIpc) is 2.69. The fraction of sp³-hybridized carbons (Fsp3) is 0.333. The van der Waals surface area contributed by atoms with Gasteiger partial charge in [0.2, 0.25) is 11.8 Å². The zero-order valence-electron chi connectivity index (χ0n) is 16.5. The molecule has 2 rings (SSSR count). The molecule has 0 fully saturated rings. The Hall–Kier alpha value is -3.42. The Morgan fingerprint density at radius 3 is 2.34 bits per heavy atom. The van der Waals surface area contributed by atoms with Crippen molar-refractivity contribution in [2.45, 2.75) is 26.3 Å². The van der Waals surface area contributed by atoms with Crippen LogP contribution in [0, 0.1) is 0 Å². The van der Waals surface area contributed by atoms with Gasteiger partial charge in [0.1, 0.15) is 6.04 Å². The van der Waals surface area contributed by atoms with Crippen molar-refractivity contribution in [3.8, 4) is 0 Å². The van der Waals surface area contributed by atoms with Crippen LogP contribution in [-0.2, 0) is 14.4 Å². The Morgan fingerprint density at radius 1 is 1.00 bits per heavy atom. The lowest BCUT2D eigenvalue weighted by atomic mass is 10.1. The van der Waals surface area contributed by atoms with Gasteiger partial charge < -0.3 is 20.6 Å². The molecule has 1 atom stereocenters. The minimum absolute atomic E-state index is 0.0446. The molecule has 1 unspecified atom stereocenters. The van der Waals surface area contributed by atoms with Crippen LogP contribution in [0.3, 0.4) is 0 Å². The maximum absolute atomic E-state index is 12.5. The lowest BCUT2D eigenvalue weighted by molar-refractivity contribution is -0.149. The maximum Gasteiger partial charge on any atom is 0.326 e. The number of amides is 3. The van der Waals surface area contributed by atoms with Crippen LogP contribution in [0.15, 0.2) is 42.5 Å². The predicted octanol–water partition coefficient (Wildman–Crippen LogP) is 1.40. The van der Waals surface area contributed by atoms with Gasteiger partial charge in [0.05, 0.1) is 0 Å². The molecule has 0 bridgehead atoms. The monoisotopic (exact) mass is 399 g/mol. The van der Waals surface area contributed by atoms with Gasteiger partial charge in [0, 0.05) is 38.5 Å². The predicted molar refractivity (Wildman–Crippen MR) is 108 cm³/mol. The summed E-state index contributed by atoms with van der Waals surface area (Å²) in [5.41, 5.74) is 0.484. The van der Waals surface area contributed by atoms with E-state index >= 15 is 0 Å². The minimum Gasteiger partial charge on any atom is -0.480 e. The van der Waals surface area contributed by atoms with E-state index in [1.165, 1.54) is 18.7 Å². The van der Waals surface area contributed by atoms with Crippen molar-refractivity contribution in [2.24, 2.45) is 0 Å². The van der Waals surface area contributed by atoms with Gasteiger partial charge in [-0.15, -0.1) is 0 Å². The third-order valence-corrected chi connectivity index (χ3v) is 4.51. The normalized spacial score (nSPS) is 11.5. The number of rotatable bonds is 9. The second-order valence-electron chi connectivity index (χ2n) is 6.65. The smallest absolute Gasteiger partial charge is 0.326 e. The van der Waals surface area contributed by atoms with Crippen molar-refractivity contribution >= 4 is 34.5 Å². The van der Waals surface area contributed by atoms with Crippen LogP contribution >= 0.6 is 0 Å². The van der Waals surface area contributed by atoms with Gasteiger partial charge in [-0.3, -0.25) is 14.4 Å². The number of nitrogens with zero attached hydrogens (tertiary/aromatic N) is 1. The molecule has 3 amide bonds. The number of carboxylic acids is 1. The lowest BCUT2D eigenvalue weighted by Crippen LogP contribution is -2.47. The summed E-state index contributed by atoms with van der Waals surface area (Å²) < 4.78 is 0. The molecular formula is C21H25N3O5. The van der Waals surface area contributed by atoms with E-state index in [0.717, 1.165) is 10.8 Å². The second-order valence-corrected chi connectivity index (χ2v) is 6.65. The van der Waals surface area contributed by atoms with Crippen LogP contribution in [0.5, 0.6) is 0 Å². The summed E-state index contributed by atoms with van der Waals surface area (Å²) in [6.45, 7) is 3.05. The van der Waals surface area contributed by atoms with Gasteiger partial charge in [0.25, 0.3) is 5.91 Å². The van der Waals surface area contributed by atoms with Gasteiger partial charge in [-0.1, -0.05) is 30.3 Å². The van der Waals surface area contributed by atoms with Crippen LogP contribution < -0.4 is 10.6 Å². The topological polar surface area (TPSA) is 116 Å². The summed E-state index contributed by atoms with van der Waals surface area (Å²) in [5, 5.41) is 16.4. The number of aliphatic carboxylic acids is 1. The highest BCUT2D eigenvalue weighted by molar-refractivity contribution is 5.98. The van der Waals surface area contributed by atoms with Gasteiger partial charge in [0.15, 0.2) is 0 Å². The van der Waals surface area contributed by atoms with Crippen LogP contribution in [0.1, 0.15) is 30.6 Å². The molecule has 0 aliphatic carbocycles. The van der Waals surface area contributed by atoms with E-state index in [1.807, 2.05) is 30.3 Å². The fourth-order valence-electron chi connectivity index (χ4n) is 2.88. The van der Waals surface area contributed by atoms with Crippen LogP contribution in [-0.4, -0.2) is 59.4 Å². The zero-order valence-corrected chi connectivity index (χ0v) is 16.5. The summed E-state index contributed by atoms with van der Waals surface area (Å²) in [7, 11) is 0. The fourth-order valence-corrected chi connectivity index (χ4v) is 2.88. The summed E-state index contributed by atoms with van der Waals surface area (Å²) in [6, 6.07) is 12.0. The third kappa shape index (κ3) is 6.31. The number of carbonyl (C=O) groups is 4. The van der Waals surface area contributed by atoms with E-state index in [4.69, 9.17) is 0 Å². The number of fused-ring (bicyclic) bond motifs is 1. The largest absolute Gasteiger partial charge is 0.480 e. The first-order valence-electron chi connectivity index (χ1n) is 9.33. The molecule has 0 spiro atoms. The summed E-state index contributed by atoms with van der Waals surface area (Å²) in [4.78, 5) is 48.2. The number of hydrogen-bond acceptors (Lipinski definition) is 4. The van der Waals surface area contributed by atoms with E-state index in [1.54, 1.807) is 12.1 Å². The zero-order chi connectivity index (χ0) is 21.4. The van der Waals surface area contributed by atoms with Crippen LogP contribution in [0.25, 0.3) is 10.8 Å². The Morgan fingerprint density at radius 2 is 1.69 bits per heavy atom. The van der Waals surface area contributed by atoms with Gasteiger partial charge >= 0.3 is 5.97 Å². The molecule has 0 aliphatic rings. The van der Waals surface area contributed by atoms with E-state index in [2.05, 4.69) is 10.6 Å². The summed E-state index contributed by atoms with van der Waals surface area (Å²) in [6.07, 6.45) is -0.0446. The molecule has 2 aromatic rings. The number of nitrogens with one attached hydrogen (secondary N) is 2. The molecule has 2 aromatic carbocycles. The molecule has 0 saturated heterocycles. The molecule has 154 valence electrons. The van der Waals surface area contributed by atoms with Gasteiger partial charge in [-0.05, 0) is 29.8 Å². The standard InChI is InChI=1S/C21H25N3O5/c1-14(21(28)29)24(12-11-22-15(2)25)19(26)9-10-23-20(27)18-8-7-16-5-3-4-6-17(16)13-18/h3-8,13-14H,9-12H2,1-2H3,(H,22,25)(H,23,27)(H,28,29). The van der Waals surface area contributed by atoms with Crippen molar-refractivity contribution < 1.29 is 24.3 Å². The Balaban J connectivity index is 1.92. The third-order valence-electron chi connectivity index (χ3n) is 4.51. The van der Waals surface area contributed by atoms with E-state index < -0.39 is 17.9 Å². The average molecular weight is 399 g/mol. The Bertz CT molecular complexity index is 912. The highest BCUT2D eigenvalue weighted by atomic mass is 16.4. The van der Waals surface area contributed by atoms with E-state index in [-0.39, 0.29) is 37.9 Å². The quantitative estimate of drug-likeness (QED) is 0.589. The highest BCUT2D eigenvalue weighted by Gasteiger charge is 2.25. The summed E-state index contributed by atoms with van der Waals surface area (Å²) in [5.74, 6) is -2.12. The Kier molecular flexibility index (Phi) is 7.70. The van der Waals surface area contributed by atoms with Crippen molar-refractivity contribution in [1.29, 1.82) is 0 Å². The molecule has 0 aliphatic heterocycles. The first-order valence-corrected chi connectivity index (χ1v) is 9.33. The van der Waals surface area contributed by atoms with Crippen molar-refractivity contribution in [2.75, 3.05) is 19.6 Å². The minimum atomic E-state index is -1.14. The molecular weight excluding hydrogens is 374 g/mol. The van der Waals surface area contributed by atoms with E-state index in [0.29, 0.717) is 5.56 Å². The van der Waals surface area contributed by atoms with E-state index in [9.17, 15) is 24.3 Å². The number of hydrogen-bond donors (Lipinski definition) is 3. The van der Waals surface area contributed by atoms with Crippen molar-refractivity contribution in [1.82, 2.24) is 15.5 Å². The molecule has 0 aromatic heterocycles.